The van der Waals surface area contributed by atoms with Crippen LogP contribution in [0.15, 0.2) is 4.99 Å². The molecule has 0 radical (unpaired) electrons. The Morgan fingerprint density at radius 1 is 1.12 bits per heavy atom. The third-order valence-corrected chi connectivity index (χ3v) is 7.38. The maximum Gasteiger partial charge on any atom is 0.191 e. The van der Waals surface area contributed by atoms with Gasteiger partial charge >= 0.3 is 0 Å². The average Bonchev–Trinajstić information content (AvgIpc) is 3.32. The van der Waals surface area contributed by atoms with Gasteiger partial charge in [0.15, 0.2) is 5.96 Å². The number of rotatable bonds is 6. The second kappa shape index (κ2) is 9.47. The molecule has 144 valence electrons. The first-order chi connectivity index (χ1) is 12.3. The van der Waals surface area contributed by atoms with Crippen molar-refractivity contribution in [2.75, 3.05) is 57.8 Å². The number of guanidine groups is 1. The van der Waals surface area contributed by atoms with Gasteiger partial charge in [-0.3, -0.25) is 14.8 Å². The van der Waals surface area contributed by atoms with Crippen LogP contribution in [0.4, 0.5) is 0 Å². The molecule has 0 aromatic carbocycles. The summed E-state index contributed by atoms with van der Waals surface area (Å²) in [5.74, 6) is 3.58. The Morgan fingerprint density at radius 3 is 2.56 bits per heavy atom. The fraction of sp³-hybridized carbons (Fsp3) is 0.947. The lowest BCUT2D eigenvalue weighted by molar-refractivity contribution is 0.107. The summed E-state index contributed by atoms with van der Waals surface area (Å²) in [5.41, 5.74) is 0.363. The largest absolute Gasteiger partial charge is 0.355 e. The molecule has 1 atom stereocenters. The van der Waals surface area contributed by atoms with E-state index in [0.29, 0.717) is 11.6 Å². The summed E-state index contributed by atoms with van der Waals surface area (Å²) in [5, 5.41) is 7.27. The highest BCUT2D eigenvalue weighted by molar-refractivity contribution is 7.99. The summed E-state index contributed by atoms with van der Waals surface area (Å²) < 4.78 is 0. The van der Waals surface area contributed by atoms with Crippen molar-refractivity contribution in [1.29, 1.82) is 0 Å². The van der Waals surface area contributed by atoms with Gasteiger partial charge in [0.1, 0.15) is 0 Å². The zero-order valence-electron chi connectivity index (χ0n) is 16.2. The van der Waals surface area contributed by atoms with E-state index >= 15 is 0 Å². The van der Waals surface area contributed by atoms with E-state index in [4.69, 9.17) is 0 Å². The maximum absolute atomic E-state index is 4.49. The fourth-order valence-corrected chi connectivity index (χ4v) is 5.80. The van der Waals surface area contributed by atoms with Gasteiger partial charge in [-0.1, -0.05) is 19.8 Å². The van der Waals surface area contributed by atoms with Gasteiger partial charge in [0.25, 0.3) is 0 Å². The molecule has 1 saturated carbocycles. The molecule has 25 heavy (non-hydrogen) atoms. The molecule has 5 nitrogen and oxygen atoms in total. The van der Waals surface area contributed by atoms with Gasteiger partial charge in [0.2, 0.25) is 0 Å². The molecule has 0 bridgehead atoms. The normalized spacial score (nSPS) is 28.4. The molecule has 0 spiro atoms. The van der Waals surface area contributed by atoms with Crippen LogP contribution in [0.25, 0.3) is 0 Å². The van der Waals surface area contributed by atoms with Crippen molar-refractivity contribution in [2.24, 2.45) is 4.99 Å². The Labute approximate surface area is 158 Å². The van der Waals surface area contributed by atoms with Crippen LogP contribution in [0.5, 0.6) is 0 Å². The van der Waals surface area contributed by atoms with E-state index in [1.807, 2.05) is 7.05 Å². The molecule has 2 saturated heterocycles. The minimum absolute atomic E-state index is 0.363. The summed E-state index contributed by atoms with van der Waals surface area (Å²) >= 11 is 2.11. The van der Waals surface area contributed by atoms with Crippen molar-refractivity contribution in [2.45, 2.75) is 57.0 Å². The first-order valence-electron chi connectivity index (χ1n) is 10.3. The number of thioether (sulfide) groups is 1. The van der Waals surface area contributed by atoms with Crippen LogP contribution in [0.1, 0.15) is 45.4 Å². The molecule has 0 amide bonds. The van der Waals surface area contributed by atoms with Crippen molar-refractivity contribution >= 4 is 17.7 Å². The molecule has 3 rings (SSSR count). The zero-order chi connectivity index (χ0) is 17.5. The van der Waals surface area contributed by atoms with Gasteiger partial charge < -0.3 is 10.6 Å². The Bertz CT molecular complexity index is 430. The van der Waals surface area contributed by atoms with E-state index in [2.05, 4.69) is 44.1 Å². The molecule has 1 aliphatic carbocycles. The predicted molar refractivity (Wildman–Crippen MR) is 110 cm³/mol. The number of hydrogen-bond donors (Lipinski definition) is 2. The van der Waals surface area contributed by atoms with Gasteiger partial charge in [0.05, 0.1) is 0 Å². The molecular formula is C19H37N5S. The lowest BCUT2D eigenvalue weighted by atomic mass is 9.94. The van der Waals surface area contributed by atoms with E-state index in [1.165, 1.54) is 69.7 Å². The summed E-state index contributed by atoms with van der Waals surface area (Å²) in [6, 6.07) is 0.670. The molecule has 0 aromatic heterocycles. The fourth-order valence-electron chi connectivity index (χ4n) is 4.90. The highest BCUT2D eigenvalue weighted by atomic mass is 32.2. The van der Waals surface area contributed by atoms with Crippen LogP contribution in [0, 0.1) is 0 Å². The Morgan fingerprint density at radius 2 is 1.88 bits per heavy atom. The second-order valence-corrected chi connectivity index (χ2v) is 8.99. The summed E-state index contributed by atoms with van der Waals surface area (Å²) in [6.07, 6.45) is 8.09. The molecule has 3 aliphatic rings. The van der Waals surface area contributed by atoms with Gasteiger partial charge in [-0.25, -0.2) is 0 Å². The molecule has 6 heteroatoms. The summed E-state index contributed by atoms with van der Waals surface area (Å²) in [7, 11) is 1.90. The second-order valence-electron chi connectivity index (χ2n) is 7.76. The minimum Gasteiger partial charge on any atom is -0.355 e. The Hall–Kier alpha value is -0.460. The standard InChI is InChI=1S/C19H37N5S/c1-3-23-10-6-7-17(23)15-21-18(20-2)22-16-19(8-4-5-9-19)24-11-13-25-14-12-24/h17H,3-16H2,1-2H3,(H2,20,21,22). The van der Waals surface area contributed by atoms with Gasteiger partial charge in [-0.05, 0) is 38.8 Å². The van der Waals surface area contributed by atoms with E-state index in [-0.39, 0.29) is 0 Å². The smallest absolute Gasteiger partial charge is 0.191 e. The zero-order valence-corrected chi connectivity index (χ0v) is 17.0. The van der Waals surface area contributed by atoms with Crippen molar-refractivity contribution in [3.8, 4) is 0 Å². The summed E-state index contributed by atoms with van der Waals surface area (Å²) in [4.78, 5) is 9.85. The van der Waals surface area contributed by atoms with Crippen LogP contribution in [-0.2, 0) is 0 Å². The Kier molecular flexibility index (Phi) is 7.31. The SMILES string of the molecule is CCN1CCCC1CNC(=NC)NCC1(N2CCSCC2)CCCC1. The van der Waals surface area contributed by atoms with Crippen LogP contribution >= 0.6 is 11.8 Å². The molecule has 3 fully saturated rings. The number of likely N-dealkylation sites (N-methyl/N-ethyl adjacent to an activating group) is 1. The molecule has 1 unspecified atom stereocenters. The van der Waals surface area contributed by atoms with Gasteiger partial charge in [-0.2, -0.15) is 11.8 Å². The number of hydrogen-bond acceptors (Lipinski definition) is 4. The number of nitrogens with one attached hydrogen (secondary N) is 2. The monoisotopic (exact) mass is 367 g/mol. The number of aliphatic imine (C=N–C) groups is 1. The highest BCUT2D eigenvalue weighted by Crippen LogP contribution is 2.36. The first-order valence-corrected chi connectivity index (χ1v) is 11.4. The van der Waals surface area contributed by atoms with Crippen LogP contribution in [0.3, 0.4) is 0 Å². The molecule has 2 aliphatic heterocycles. The first kappa shape index (κ1) is 19.3. The molecular weight excluding hydrogens is 330 g/mol. The predicted octanol–water partition coefficient (Wildman–Crippen LogP) is 2.00. The van der Waals surface area contributed by atoms with Gasteiger partial charge in [-0.15, -0.1) is 0 Å². The number of nitrogens with zero attached hydrogens (tertiary/aromatic N) is 3. The minimum atomic E-state index is 0.363. The molecule has 2 N–H and O–H groups in total. The van der Waals surface area contributed by atoms with Crippen LogP contribution < -0.4 is 10.6 Å². The third-order valence-electron chi connectivity index (χ3n) is 6.44. The van der Waals surface area contributed by atoms with E-state index in [0.717, 1.165) is 25.6 Å². The third kappa shape index (κ3) is 4.83. The molecule has 2 heterocycles. The van der Waals surface area contributed by atoms with Crippen LogP contribution in [-0.4, -0.2) is 85.2 Å². The van der Waals surface area contributed by atoms with Crippen molar-refractivity contribution in [1.82, 2.24) is 20.4 Å². The summed E-state index contributed by atoms with van der Waals surface area (Å²) in [6.45, 7) is 9.25. The topological polar surface area (TPSA) is 42.9 Å². The average molecular weight is 368 g/mol. The van der Waals surface area contributed by atoms with E-state index in [1.54, 1.807) is 0 Å². The quantitative estimate of drug-likeness (QED) is 0.555. The highest BCUT2D eigenvalue weighted by Gasteiger charge is 2.40. The van der Waals surface area contributed by atoms with Gasteiger partial charge in [0, 0.05) is 56.3 Å². The lowest BCUT2D eigenvalue weighted by Gasteiger charge is -2.43. The molecule has 0 aromatic rings. The van der Waals surface area contributed by atoms with Crippen LogP contribution in [0.2, 0.25) is 0 Å². The van der Waals surface area contributed by atoms with E-state index in [9.17, 15) is 0 Å². The lowest BCUT2D eigenvalue weighted by Crippen LogP contribution is -2.58. The van der Waals surface area contributed by atoms with Crippen molar-refractivity contribution in [3.05, 3.63) is 0 Å². The van der Waals surface area contributed by atoms with Crippen molar-refractivity contribution < 1.29 is 0 Å². The maximum atomic E-state index is 4.49. The Balaban J connectivity index is 1.50. The van der Waals surface area contributed by atoms with E-state index < -0.39 is 0 Å². The van der Waals surface area contributed by atoms with Crippen molar-refractivity contribution in [3.63, 3.8) is 0 Å². The number of likely N-dealkylation sites (tertiary alicyclic amines) is 1.